The third-order valence-corrected chi connectivity index (χ3v) is 10.2. The van der Waals surface area contributed by atoms with Gasteiger partial charge in [-0.1, -0.05) is 60.1 Å². The molecule has 7 rings (SSSR count). The van der Waals surface area contributed by atoms with Crippen molar-refractivity contribution in [2.24, 2.45) is 0 Å². The van der Waals surface area contributed by atoms with E-state index in [1.54, 1.807) is 18.1 Å². The van der Waals surface area contributed by atoms with Gasteiger partial charge in [-0.05, 0) is 42.3 Å². The number of fused-ring (bicyclic) bond motifs is 2. The smallest absolute Gasteiger partial charge is 0.270 e. The number of rotatable bonds is 7. The average molecular weight is 668 g/mol. The molecule has 2 amide bonds. The van der Waals surface area contributed by atoms with Crippen molar-refractivity contribution in [2.45, 2.75) is 20.0 Å². The molecule has 0 spiro atoms. The van der Waals surface area contributed by atoms with E-state index in [0.29, 0.717) is 48.2 Å². The Bertz CT molecular complexity index is 1790. The van der Waals surface area contributed by atoms with Crippen molar-refractivity contribution in [2.75, 3.05) is 77.6 Å². The van der Waals surface area contributed by atoms with Crippen LogP contribution in [0.2, 0.25) is 5.02 Å². The molecule has 3 aromatic carbocycles. The summed E-state index contributed by atoms with van der Waals surface area (Å²) in [5.41, 5.74) is 6.33. The second-order valence-electron chi connectivity index (χ2n) is 12.7. The molecule has 250 valence electrons. The molecule has 4 heterocycles. The van der Waals surface area contributed by atoms with E-state index >= 15 is 0 Å². The second-order valence-corrected chi connectivity index (χ2v) is 13.1. The lowest BCUT2D eigenvalue weighted by molar-refractivity contribution is 0.0292. The number of halogens is 1. The number of para-hydroxylation sites is 1. The van der Waals surface area contributed by atoms with Crippen LogP contribution in [0.4, 0.5) is 5.69 Å². The number of piperazine rings is 1. The number of hydrogen-bond donors (Lipinski definition) is 0. The lowest BCUT2D eigenvalue weighted by Crippen LogP contribution is -2.51. The molecular formula is C38H42ClN5O4. The van der Waals surface area contributed by atoms with Crippen molar-refractivity contribution in [3.8, 4) is 16.9 Å². The Hall–Kier alpha value is -4.15. The lowest BCUT2D eigenvalue weighted by atomic mass is 9.96. The van der Waals surface area contributed by atoms with Crippen LogP contribution >= 0.6 is 11.6 Å². The van der Waals surface area contributed by atoms with Crippen molar-refractivity contribution in [1.82, 2.24) is 19.3 Å². The number of benzene rings is 3. The average Bonchev–Trinajstić information content (AvgIpc) is 3.43. The quantitative estimate of drug-likeness (QED) is 0.262. The Labute approximate surface area is 287 Å². The summed E-state index contributed by atoms with van der Waals surface area (Å²) in [6.45, 7) is 11.5. The summed E-state index contributed by atoms with van der Waals surface area (Å²) in [6.07, 6.45) is 0. The van der Waals surface area contributed by atoms with Crippen LogP contribution < -0.4 is 9.64 Å². The number of hydrogen-bond acceptors (Lipinski definition) is 6. The van der Waals surface area contributed by atoms with E-state index < -0.39 is 0 Å². The van der Waals surface area contributed by atoms with Gasteiger partial charge in [-0.25, -0.2) is 0 Å². The summed E-state index contributed by atoms with van der Waals surface area (Å²) in [5.74, 6) is 0.326. The van der Waals surface area contributed by atoms with E-state index in [2.05, 4.69) is 14.4 Å². The number of carbonyl (C=O) groups excluding carboxylic acids is 2. The Morgan fingerprint density at radius 3 is 2.23 bits per heavy atom. The summed E-state index contributed by atoms with van der Waals surface area (Å²) < 4.78 is 13.4. The van der Waals surface area contributed by atoms with E-state index in [1.165, 1.54) is 0 Å². The number of anilines is 1. The van der Waals surface area contributed by atoms with Crippen LogP contribution in [0.25, 0.3) is 11.1 Å². The van der Waals surface area contributed by atoms with Gasteiger partial charge in [0.25, 0.3) is 11.8 Å². The molecule has 3 aliphatic rings. The number of carbonyl (C=O) groups is 2. The molecule has 0 aliphatic carbocycles. The normalized spacial score (nSPS) is 17.1. The van der Waals surface area contributed by atoms with Crippen molar-refractivity contribution in [3.05, 3.63) is 106 Å². The standard InChI is InChI=1S/C38H42ClN5O4/c1-27-35(28-8-4-3-5-9-28)32(39)24-31(36(27)47-2)37(45)44-26-30-12-13-34(43(30)25-29-10-6-7-11-33(29)44)38(46)42-18-16-40(17-19-42)14-15-41-20-22-48-23-21-41/h3-13,24H,14-23,25-26H2,1-2H3. The fourth-order valence-electron chi connectivity index (χ4n) is 7.26. The fourth-order valence-corrected chi connectivity index (χ4v) is 7.62. The van der Waals surface area contributed by atoms with Gasteiger partial charge in [-0.2, -0.15) is 0 Å². The molecule has 2 fully saturated rings. The number of nitrogens with zero attached hydrogens (tertiary/aromatic N) is 5. The second kappa shape index (κ2) is 14.1. The van der Waals surface area contributed by atoms with Crippen molar-refractivity contribution in [3.63, 3.8) is 0 Å². The van der Waals surface area contributed by atoms with E-state index in [9.17, 15) is 9.59 Å². The molecule has 4 aromatic rings. The molecule has 0 bridgehead atoms. The van der Waals surface area contributed by atoms with Crippen LogP contribution in [0.1, 0.15) is 37.7 Å². The Kier molecular flexibility index (Phi) is 9.55. The first kappa shape index (κ1) is 32.4. The Morgan fingerprint density at radius 1 is 0.812 bits per heavy atom. The first-order valence-electron chi connectivity index (χ1n) is 16.8. The number of aromatic nitrogens is 1. The molecule has 0 unspecified atom stereocenters. The minimum absolute atomic E-state index is 0.0342. The van der Waals surface area contributed by atoms with Crippen LogP contribution in [-0.2, 0) is 17.8 Å². The largest absolute Gasteiger partial charge is 0.496 e. The zero-order chi connectivity index (χ0) is 33.2. The molecule has 0 N–H and O–H groups in total. The van der Waals surface area contributed by atoms with Gasteiger partial charge in [0.05, 0.1) is 39.0 Å². The zero-order valence-electron chi connectivity index (χ0n) is 27.7. The van der Waals surface area contributed by atoms with Gasteiger partial charge in [0, 0.05) is 79.9 Å². The van der Waals surface area contributed by atoms with Crippen LogP contribution in [0.15, 0.2) is 72.8 Å². The van der Waals surface area contributed by atoms with Crippen molar-refractivity contribution in [1.29, 1.82) is 0 Å². The van der Waals surface area contributed by atoms with Crippen LogP contribution in [0, 0.1) is 6.92 Å². The summed E-state index contributed by atoms with van der Waals surface area (Å²) in [4.78, 5) is 37.1. The van der Waals surface area contributed by atoms with Gasteiger partial charge in [0.15, 0.2) is 0 Å². The molecule has 1 aromatic heterocycles. The van der Waals surface area contributed by atoms with Crippen molar-refractivity contribution >= 4 is 29.1 Å². The van der Waals surface area contributed by atoms with Gasteiger partial charge in [0.1, 0.15) is 11.4 Å². The monoisotopic (exact) mass is 667 g/mol. The summed E-state index contributed by atoms with van der Waals surface area (Å²) in [6, 6.07) is 23.4. The molecule has 10 heteroatoms. The van der Waals surface area contributed by atoms with Gasteiger partial charge in [0.2, 0.25) is 0 Å². The first-order valence-corrected chi connectivity index (χ1v) is 17.1. The van der Waals surface area contributed by atoms with Gasteiger partial charge >= 0.3 is 0 Å². The molecule has 3 aliphatic heterocycles. The first-order chi connectivity index (χ1) is 23.4. The van der Waals surface area contributed by atoms with Gasteiger partial charge < -0.3 is 23.8 Å². The maximum absolute atomic E-state index is 14.5. The van der Waals surface area contributed by atoms with E-state index in [4.69, 9.17) is 21.1 Å². The topological polar surface area (TPSA) is 70.5 Å². The van der Waals surface area contributed by atoms with Gasteiger partial charge in [-0.15, -0.1) is 0 Å². The molecule has 0 saturated carbocycles. The van der Waals surface area contributed by atoms with Gasteiger partial charge in [-0.3, -0.25) is 19.4 Å². The number of amides is 2. The third kappa shape index (κ3) is 6.35. The van der Waals surface area contributed by atoms with Crippen LogP contribution in [-0.4, -0.2) is 104 Å². The molecular weight excluding hydrogens is 626 g/mol. The van der Waals surface area contributed by atoms with Crippen molar-refractivity contribution < 1.29 is 19.1 Å². The molecule has 0 atom stereocenters. The van der Waals surface area contributed by atoms with Crippen LogP contribution in [0.3, 0.4) is 0 Å². The Morgan fingerprint density at radius 2 is 1.50 bits per heavy atom. The highest BCUT2D eigenvalue weighted by molar-refractivity contribution is 6.34. The SMILES string of the molecule is COc1c(C(=O)N2Cc3ccc(C(=O)N4CCN(CCN5CCOCC5)CC4)n3Cc3ccccc32)cc(Cl)c(-c2ccccc2)c1C. The number of morpholine rings is 1. The molecule has 48 heavy (non-hydrogen) atoms. The van der Waals surface area contributed by atoms with E-state index in [0.717, 1.165) is 86.1 Å². The summed E-state index contributed by atoms with van der Waals surface area (Å²) in [7, 11) is 1.59. The fraction of sp³-hybridized carbons (Fsp3) is 0.368. The predicted octanol–water partition coefficient (Wildman–Crippen LogP) is 5.42. The lowest BCUT2D eigenvalue weighted by Gasteiger charge is -2.36. The van der Waals surface area contributed by atoms with E-state index in [1.807, 2.05) is 78.6 Å². The maximum atomic E-state index is 14.5. The summed E-state index contributed by atoms with van der Waals surface area (Å²) in [5, 5.41) is 0.489. The summed E-state index contributed by atoms with van der Waals surface area (Å²) >= 11 is 6.89. The highest BCUT2D eigenvalue weighted by atomic mass is 35.5. The van der Waals surface area contributed by atoms with E-state index in [-0.39, 0.29) is 11.8 Å². The van der Waals surface area contributed by atoms with Crippen LogP contribution in [0.5, 0.6) is 5.75 Å². The maximum Gasteiger partial charge on any atom is 0.270 e. The Balaban J connectivity index is 1.12. The minimum Gasteiger partial charge on any atom is -0.496 e. The number of methoxy groups -OCH3 is 1. The zero-order valence-corrected chi connectivity index (χ0v) is 28.4. The molecule has 2 saturated heterocycles. The highest BCUT2D eigenvalue weighted by Gasteiger charge is 2.32. The third-order valence-electron chi connectivity index (χ3n) is 9.93. The minimum atomic E-state index is -0.209. The highest BCUT2D eigenvalue weighted by Crippen LogP contribution is 2.41. The predicted molar refractivity (Wildman–Crippen MR) is 188 cm³/mol. The number of ether oxygens (including phenoxy) is 2. The molecule has 0 radical (unpaired) electrons. The molecule has 9 nitrogen and oxygen atoms in total.